The fraction of sp³-hybridized carbons (Fsp3) is 0.214. The summed E-state index contributed by atoms with van der Waals surface area (Å²) in [5.41, 5.74) is 8.15. The van der Waals surface area contributed by atoms with Gasteiger partial charge in [0, 0.05) is 11.7 Å². The van der Waals surface area contributed by atoms with Crippen LogP contribution in [0.1, 0.15) is 36.3 Å². The quantitative estimate of drug-likeness (QED) is 0.903. The van der Waals surface area contributed by atoms with Crippen molar-refractivity contribution in [1.82, 2.24) is 9.55 Å². The van der Waals surface area contributed by atoms with Crippen LogP contribution in [-0.2, 0) is 0 Å². The van der Waals surface area contributed by atoms with Gasteiger partial charge < -0.3 is 5.73 Å². The smallest absolute Gasteiger partial charge is 0.177 e. The molecule has 0 amide bonds. The number of benzene rings is 1. The highest BCUT2D eigenvalue weighted by Gasteiger charge is 2.12. The second kappa shape index (κ2) is 5.34. The molecule has 5 heteroatoms. The lowest BCUT2D eigenvalue weighted by atomic mass is 10.0. The molecule has 5 nitrogen and oxygen atoms in total. The standard InChI is InChI=1S/C14H13N5/c1-2-12(17)10-4-3-5-11(6-10)19-9-18-13(7-15)14(19)8-16/h3-6,9,12H,2,17H2,1H3. The fourth-order valence-electron chi connectivity index (χ4n) is 1.87. The van der Waals surface area contributed by atoms with E-state index in [1.807, 2.05) is 43.3 Å². The number of imidazole rings is 1. The third-order valence-corrected chi connectivity index (χ3v) is 3.00. The summed E-state index contributed by atoms with van der Waals surface area (Å²) in [6.07, 6.45) is 2.32. The van der Waals surface area contributed by atoms with Gasteiger partial charge in [-0.15, -0.1) is 0 Å². The van der Waals surface area contributed by atoms with Crippen molar-refractivity contribution in [3.8, 4) is 17.8 Å². The summed E-state index contributed by atoms with van der Waals surface area (Å²) in [5, 5.41) is 18.0. The zero-order chi connectivity index (χ0) is 13.8. The molecule has 94 valence electrons. The van der Waals surface area contributed by atoms with Crippen molar-refractivity contribution < 1.29 is 0 Å². The SMILES string of the molecule is CCC(N)c1cccc(-n2cnc(C#N)c2C#N)c1. The van der Waals surface area contributed by atoms with Gasteiger partial charge >= 0.3 is 0 Å². The zero-order valence-electron chi connectivity index (χ0n) is 10.5. The van der Waals surface area contributed by atoms with Gasteiger partial charge in [-0.05, 0) is 24.1 Å². The Hall–Kier alpha value is -2.63. The van der Waals surface area contributed by atoms with Crippen LogP contribution >= 0.6 is 0 Å². The number of rotatable bonds is 3. The Bertz CT molecular complexity index is 672. The molecule has 0 saturated carbocycles. The first kappa shape index (κ1) is 12.8. The van der Waals surface area contributed by atoms with Gasteiger partial charge in [-0.3, -0.25) is 4.57 Å². The molecule has 2 aromatic rings. The molecule has 0 aliphatic rings. The van der Waals surface area contributed by atoms with E-state index in [-0.39, 0.29) is 17.4 Å². The van der Waals surface area contributed by atoms with Crippen molar-refractivity contribution >= 4 is 0 Å². The first-order valence-corrected chi connectivity index (χ1v) is 5.94. The average Bonchev–Trinajstić information content (AvgIpc) is 2.89. The van der Waals surface area contributed by atoms with Gasteiger partial charge in [0.15, 0.2) is 11.4 Å². The maximum Gasteiger partial charge on any atom is 0.177 e. The number of hydrogen-bond donors (Lipinski definition) is 1. The van der Waals surface area contributed by atoms with Gasteiger partial charge in [0.05, 0.1) is 0 Å². The van der Waals surface area contributed by atoms with E-state index in [1.54, 1.807) is 4.57 Å². The third-order valence-electron chi connectivity index (χ3n) is 3.00. The molecule has 1 aromatic heterocycles. The Morgan fingerprint density at radius 1 is 1.37 bits per heavy atom. The van der Waals surface area contributed by atoms with Gasteiger partial charge in [0.1, 0.15) is 18.5 Å². The van der Waals surface area contributed by atoms with Crippen LogP contribution in [0.4, 0.5) is 0 Å². The van der Waals surface area contributed by atoms with Crippen LogP contribution in [0.25, 0.3) is 5.69 Å². The van der Waals surface area contributed by atoms with E-state index in [2.05, 4.69) is 4.98 Å². The first-order valence-electron chi connectivity index (χ1n) is 5.94. The Balaban J connectivity index is 2.52. The number of hydrogen-bond acceptors (Lipinski definition) is 4. The van der Waals surface area contributed by atoms with Crippen LogP contribution in [0, 0.1) is 22.7 Å². The third kappa shape index (κ3) is 2.33. The highest BCUT2D eigenvalue weighted by atomic mass is 15.1. The lowest BCUT2D eigenvalue weighted by Crippen LogP contribution is -2.09. The lowest BCUT2D eigenvalue weighted by molar-refractivity contribution is 0.698. The molecule has 0 bridgehead atoms. The molecular weight excluding hydrogens is 238 g/mol. The summed E-state index contributed by atoms with van der Waals surface area (Å²) in [7, 11) is 0. The van der Waals surface area contributed by atoms with E-state index in [4.69, 9.17) is 16.3 Å². The Kier molecular flexibility index (Phi) is 3.61. The summed E-state index contributed by atoms with van der Waals surface area (Å²) in [6.45, 7) is 2.02. The van der Waals surface area contributed by atoms with Crippen LogP contribution in [0.2, 0.25) is 0 Å². The highest BCUT2D eigenvalue weighted by molar-refractivity contribution is 5.45. The second-order valence-electron chi connectivity index (χ2n) is 4.15. The highest BCUT2D eigenvalue weighted by Crippen LogP contribution is 2.19. The van der Waals surface area contributed by atoms with Gasteiger partial charge in [0.2, 0.25) is 0 Å². The number of nitriles is 2. The maximum absolute atomic E-state index is 9.12. The van der Waals surface area contributed by atoms with Crippen LogP contribution in [-0.4, -0.2) is 9.55 Å². The van der Waals surface area contributed by atoms with Gasteiger partial charge in [-0.2, -0.15) is 10.5 Å². The van der Waals surface area contributed by atoms with Crippen LogP contribution < -0.4 is 5.73 Å². The zero-order valence-corrected chi connectivity index (χ0v) is 10.5. The Morgan fingerprint density at radius 3 is 2.79 bits per heavy atom. The molecule has 0 aliphatic carbocycles. The largest absolute Gasteiger partial charge is 0.324 e. The Labute approximate surface area is 111 Å². The van der Waals surface area contributed by atoms with Crippen molar-refractivity contribution in [3.05, 3.63) is 47.5 Å². The van der Waals surface area contributed by atoms with Crippen molar-refractivity contribution in [2.75, 3.05) is 0 Å². The van der Waals surface area contributed by atoms with E-state index >= 15 is 0 Å². The lowest BCUT2D eigenvalue weighted by Gasteiger charge is -2.11. The molecule has 2 N–H and O–H groups in total. The van der Waals surface area contributed by atoms with Gasteiger partial charge in [-0.25, -0.2) is 4.98 Å². The van der Waals surface area contributed by atoms with E-state index in [0.717, 1.165) is 17.7 Å². The molecule has 0 aliphatic heterocycles. The topological polar surface area (TPSA) is 91.4 Å². The predicted molar refractivity (Wildman–Crippen MR) is 70.2 cm³/mol. The number of nitrogens with zero attached hydrogens (tertiary/aromatic N) is 4. The van der Waals surface area contributed by atoms with E-state index in [1.165, 1.54) is 6.33 Å². The summed E-state index contributed by atoms with van der Waals surface area (Å²) in [4.78, 5) is 3.92. The van der Waals surface area contributed by atoms with Crippen molar-refractivity contribution in [2.24, 2.45) is 5.73 Å². The summed E-state index contributed by atoms with van der Waals surface area (Å²) in [5.74, 6) is 0. The molecule has 19 heavy (non-hydrogen) atoms. The van der Waals surface area contributed by atoms with Crippen LogP contribution in [0.15, 0.2) is 30.6 Å². The number of aromatic nitrogens is 2. The maximum atomic E-state index is 9.12. The second-order valence-corrected chi connectivity index (χ2v) is 4.15. The molecular formula is C14H13N5. The van der Waals surface area contributed by atoms with Crippen LogP contribution in [0.5, 0.6) is 0 Å². The van der Waals surface area contributed by atoms with Crippen molar-refractivity contribution in [3.63, 3.8) is 0 Å². The molecule has 1 heterocycles. The molecule has 1 unspecified atom stereocenters. The normalized spacial score (nSPS) is 11.6. The molecule has 0 fully saturated rings. The van der Waals surface area contributed by atoms with Gasteiger partial charge in [0.25, 0.3) is 0 Å². The Morgan fingerprint density at radius 2 is 2.16 bits per heavy atom. The molecule has 1 atom stereocenters. The monoisotopic (exact) mass is 251 g/mol. The van der Waals surface area contributed by atoms with Gasteiger partial charge in [-0.1, -0.05) is 19.1 Å². The summed E-state index contributed by atoms with van der Waals surface area (Å²) >= 11 is 0. The first-order chi connectivity index (χ1) is 9.21. The summed E-state index contributed by atoms with van der Waals surface area (Å²) < 4.78 is 1.60. The van der Waals surface area contributed by atoms with E-state index in [0.29, 0.717) is 0 Å². The molecule has 0 radical (unpaired) electrons. The minimum Gasteiger partial charge on any atom is -0.324 e. The summed E-state index contributed by atoms with van der Waals surface area (Å²) in [6, 6.07) is 11.5. The predicted octanol–water partition coefficient (Wildman–Crippen LogP) is 2.03. The minimum absolute atomic E-state index is 0.0376. The molecule has 0 spiro atoms. The average molecular weight is 251 g/mol. The van der Waals surface area contributed by atoms with E-state index < -0.39 is 0 Å². The van der Waals surface area contributed by atoms with Crippen molar-refractivity contribution in [2.45, 2.75) is 19.4 Å². The van der Waals surface area contributed by atoms with Crippen LogP contribution in [0.3, 0.4) is 0 Å². The van der Waals surface area contributed by atoms with E-state index in [9.17, 15) is 0 Å². The molecule has 2 rings (SSSR count). The molecule has 0 saturated heterocycles. The fourth-order valence-corrected chi connectivity index (χ4v) is 1.87. The molecule has 1 aromatic carbocycles. The number of nitrogens with two attached hydrogens (primary N) is 1. The van der Waals surface area contributed by atoms with Crippen molar-refractivity contribution in [1.29, 1.82) is 10.5 Å². The minimum atomic E-state index is -0.0376.